The molecule has 0 radical (unpaired) electrons. The SMILES string of the molecule is CC(C)Oc1ccccc1NC(=O)C1(C(=O)Nc2ccc(F)c(F)c2)CC1. The van der Waals surface area contributed by atoms with Crippen molar-refractivity contribution in [2.24, 2.45) is 5.41 Å². The topological polar surface area (TPSA) is 67.4 Å². The van der Waals surface area contributed by atoms with Crippen molar-refractivity contribution in [3.63, 3.8) is 0 Å². The average Bonchev–Trinajstić information content (AvgIpc) is 3.41. The highest BCUT2D eigenvalue weighted by molar-refractivity contribution is 6.17. The van der Waals surface area contributed by atoms with Crippen molar-refractivity contribution in [3.05, 3.63) is 54.1 Å². The number of halogens is 2. The minimum atomic E-state index is -1.23. The molecule has 0 aromatic heterocycles. The molecule has 27 heavy (non-hydrogen) atoms. The van der Waals surface area contributed by atoms with Crippen molar-refractivity contribution in [1.29, 1.82) is 0 Å². The second kappa shape index (κ2) is 7.34. The van der Waals surface area contributed by atoms with Crippen LogP contribution in [-0.4, -0.2) is 17.9 Å². The molecular weight excluding hydrogens is 354 g/mol. The van der Waals surface area contributed by atoms with Gasteiger partial charge in [0.1, 0.15) is 11.2 Å². The summed E-state index contributed by atoms with van der Waals surface area (Å²) in [6.07, 6.45) is 0.679. The quantitative estimate of drug-likeness (QED) is 0.748. The maximum atomic E-state index is 13.3. The van der Waals surface area contributed by atoms with E-state index in [1.165, 1.54) is 6.07 Å². The van der Waals surface area contributed by atoms with Crippen molar-refractivity contribution in [2.75, 3.05) is 10.6 Å². The summed E-state index contributed by atoms with van der Waals surface area (Å²) in [5.74, 6) is -2.57. The normalized spacial score (nSPS) is 14.6. The number of carbonyl (C=O) groups excluding carboxylic acids is 2. The van der Waals surface area contributed by atoms with Gasteiger partial charge in [0, 0.05) is 11.8 Å². The molecule has 142 valence electrons. The van der Waals surface area contributed by atoms with Gasteiger partial charge >= 0.3 is 0 Å². The van der Waals surface area contributed by atoms with Gasteiger partial charge in [0.25, 0.3) is 0 Å². The van der Waals surface area contributed by atoms with Crippen LogP contribution in [0.2, 0.25) is 0 Å². The third-order valence-electron chi connectivity index (χ3n) is 4.29. The molecule has 1 saturated carbocycles. The van der Waals surface area contributed by atoms with Gasteiger partial charge in [0.05, 0.1) is 11.8 Å². The fourth-order valence-corrected chi connectivity index (χ4v) is 2.68. The fraction of sp³-hybridized carbons (Fsp3) is 0.300. The lowest BCUT2D eigenvalue weighted by atomic mass is 10.0. The van der Waals surface area contributed by atoms with Gasteiger partial charge in [-0.25, -0.2) is 8.78 Å². The van der Waals surface area contributed by atoms with Crippen molar-refractivity contribution in [2.45, 2.75) is 32.8 Å². The average molecular weight is 374 g/mol. The van der Waals surface area contributed by atoms with Crippen LogP contribution in [0.5, 0.6) is 5.75 Å². The molecule has 0 bridgehead atoms. The summed E-state index contributed by atoms with van der Waals surface area (Å²) in [5.41, 5.74) is -0.653. The number of benzene rings is 2. The minimum absolute atomic E-state index is 0.0744. The number of hydrogen-bond donors (Lipinski definition) is 2. The maximum Gasteiger partial charge on any atom is 0.240 e. The monoisotopic (exact) mass is 374 g/mol. The molecule has 3 rings (SSSR count). The van der Waals surface area contributed by atoms with E-state index in [4.69, 9.17) is 4.74 Å². The number of carbonyl (C=O) groups is 2. The summed E-state index contributed by atoms with van der Waals surface area (Å²) in [6, 6.07) is 10.0. The fourth-order valence-electron chi connectivity index (χ4n) is 2.68. The number of rotatable bonds is 6. The molecule has 1 aliphatic carbocycles. The molecule has 0 heterocycles. The van der Waals surface area contributed by atoms with E-state index in [-0.39, 0.29) is 11.8 Å². The molecule has 2 N–H and O–H groups in total. The largest absolute Gasteiger partial charge is 0.489 e. The van der Waals surface area contributed by atoms with Crippen molar-refractivity contribution < 1.29 is 23.1 Å². The molecule has 7 heteroatoms. The van der Waals surface area contributed by atoms with Crippen molar-refractivity contribution >= 4 is 23.2 Å². The Morgan fingerprint density at radius 2 is 1.67 bits per heavy atom. The Balaban J connectivity index is 1.73. The van der Waals surface area contributed by atoms with E-state index in [2.05, 4.69) is 10.6 Å². The summed E-state index contributed by atoms with van der Waals surface area (Å²) in [6.45, 7) is 3.74. The number of anilines is 2. The zero-order chi connectivity index (χ0) is 19.6. The number of amides is 2. The van der Waals surface area contributed by atoms with Gasteiger partial charge in [0.2, 0.25) is 11.8 Å². The zero-order valence-electron chi connectivity index (χ0n) is 15.0. The summed E-state index contributed by atoms with van der Waals surface area (Å²) < 4.78 is 32.0. The standard InChI is InChI=1S/C20H20F2N2O3/c1-12(2)27-17-6-4-3-5-16(17)24-19(26)20(9-10-20)18(25)23-13-7-8-14(21)15(22)11-13/h3-8,11-12H,9-10H2,1-2H3,(H,23,25)(H,24,26). The van der Waals surface area contributed by atoms with Crippen molar-refractivity contribution in [1.82, 2.24) is 0 Å². The first-order valence-corrected chi connectivity index (χ1v) is 8.65. The van der Waals surface area contributed by atoms with Gasteiger partial charge in [-0.15, -0.1) is 0 Å². The van der Waals surface area contributed by atoms with E-state index in [1.54, 1.807) is 24.3 Å². The minimum Gasteiger partial charge on any atom is -0.489 e. The van der Waals surface area contributed by atoms with E-state index in [9.17, 15) is 18.4 Å². The van der Waals surface area contributed by atoms with Crippen LogP contribution < -0.4 is 15.4 Å². The highest BCUT2D eigenvalue weighted by Crippen LogP contribution is 2.48. The first-order valence-electron chi connectivity index (χ1n) is 8.65. The second-order valence-corrected chi connectivity index (χ2v) is 6.78. The van der Waals surface area contributed by atoms with Gasteiger partial charge in [-0.05, 0) is 51.0 Å². The smallest absolute Gasteiger partial charge is 0.240 e. The first kappa shape index (κ1) is 18.8. The van der Waals surface area contributed by atoms with E-state index in [0.29, 0.717) is 24.3 Å². The van der Waals surface area contributed by atoms with E-state index in [0.717, 1.165) is 12.1 Å². The molecule has 0 spiro atoms. The lowest BCUT2D eigenvalue weighted by Gasteiger charge is -2.18. The van der Waals surface area contributed by atoms with Crippen LogP contribution in [0.4, 0.5) is 20.2 Å². The Labute approximate surface area is 155 Å². The first-order chi connectivity index (χ1) is 12.8. The Hall–Kier alpha value is -2.96. The molecular formula is C20H20F2N2O3. The van der Waals surface area contributed by atoms with Gasteiger partial charge in [-0.3, -0.25) is 9.59 Å². The van der Waals surface area contributed by atoms with E-state index >= 15 is 0 Å². The van der Waals surface area contributed by atoms with Crippen LogP contribution in [0.3, 0.4) is 0 Å². The summed E-state index contributed by atoms with van der Waals surface area (Å²) in [7, 11) is 0. The van der Waals surface area contributed by atoms with Gasteiger partial charge < -0.3 is 15.4 Å². The van der Waals surface area contributed by atoms with Crippen LogP contribution in [0.1, 0.15) is 26.7 Å². The predicted octanol–water partition coefficient (Wildman–Crippen LogP) is 4.11. The highest BCUT2D eigenvalue weighted by Gasteiger charge is 2.56. The zero-order valence-corrected chi connectivity index (χ0v) is 15.0. The highest BCUT2D eigenvalue weighted by atomic mass is 19.2. The number of nitrogens with one attached hydrogen (secondary N) is 2. The lowest BCUT2D eigenvalue weighted by molar-refractivity contribution is -0.131. The third-order valence-corrected chi connectivity index (χ3v) is 4.29. The van der Waals surface area contributed by atoms with E-state index < -0.39 is 28.9 Å². The van der Waals surface area contributed by atoms with Crippen LogP contribution in [0.25, 0.3) is 0 Å². The predicted molar refractivity (Wildman–Crippen MR) is 97.5 cm³/mol. The van der Waals surface area contributed by atoms with Gasteiger partial charge in [-0.1, -0.05) is 12.1 Å². The molecule has 2 aromatic rings. The van der Waals surface area contributed by atoms with Crippen LogP contribution in [-0.2, 0) is 9.59 Å². The molecule has 0 unspecified atom stereocenters. The molecule has 0 saturated heterocycles. The van der Waals surface area contributed by atoms with Gasteiger partial charge in [-0.2, -0.15) is 0 Å². The van der Waals surface area contributed by atoms with Crippen molar-refractivity contribution in [3.8, 4) is 5.75 Å². The molecule has 2 aromatic carbocycles. The number of hydrogen-bond acceptors (Lipinski definition) is 3. The molecule has 1 fully saturated rings. The van der Waals surface area contributed by atoms with Crippen LogP contribution in [0.15, 0.2) is 42.5 Å². The van der Waals surface area contributed by atoms with Crippen LogP contribution in [0, 0.1) is 17.0 Å². The molecule has 5 nitrogen and oxygen atoms in total. The second-order valence-electron chi connectivity index (χ2n) is 6.78. The third kappa shape index (κ3) is 4.07. The Morgan fingerprint density at radius 1 is 1.00 bits per heavy atom. The Morgan fingerprint density at radius 3 is 2.30 bits per heavy atom. The molecule has 0 aliphatic heterocycles. The molecule has 0 atom stereocenters. The lowest BCUT2D eigenvalue weighted by Crippen LogP contribution is -2.35. The summed E-state index contributed by atoms with van der Waals surface area (Å²) in [4.78, 5) is 25.3. The van der Waals surface area contributed by atoms with Gasteiger partial charge in [0.15, 0.2) is 11.6 Å². The molecule has 2 amide bonds. The Bertz CT molecular complexity index is 879. The van der Waals surface area contributed by atoms with E-state index in [1.807, 2.05) is 13.8 Å². The maximum absolute atomic E-state index is 13.3. The van der Waals surface area contributed by atoms with Crippen LogP contribution >= 0.6 is 0 Å². The number of para-hydroxylation sites is 2. The molecule has 1 aliphatic rings. The number of ether oxygens (including phenoxy) is 1. The Kier molecular flexibility index (Phi) is 5.12. The summed E-state index contributed by atoms with van der Waals surface area (Å²) >= 11 is 0. The summed E-state index contributed by atoms with van der Waals surface area (Å²) in [5, 5.41) is 5.24.